The first kappa shape index (κ1) is 11.9. The van der Waals surface area contributed by atoms with Crippen molar-refractivity contribution in [1.29, 1.82) is 0 Å². The van der Waals surface area contributed by atoms with Gasteiger partial charge in [0, 0.05) is 19.5 Å². The lowest BCUT2D eigenvalue weighted by atomic mass is 10.2. The first-order chi connectivity index (χ1) is 8.09. The summed E-state index contributed by atoms with van der Waals surface area (Å²) in [5.41, 5.74) is 0. The lowest BCUT2D eigenvalue weighted by molar-refractivity contribution is -0.149. The highest BCUT2D eigenvalue weighted by Crippen LogP contribution is 2.18. The summed E-state index contributed by atoms with van der Waals surface area (Å²) in [5, 5.41) is 8.97. The fourth-order valence-corrected chi connectivity index (χ4v) is 2.45. The molecule has 0 unspecified atom stereocenters. The van der Waals surface area contributed by atoms with Crippen molar-refractivity contribution in [3.05, 3.63) is 0 Å². The Morgan fingerprint density at radius 3 is 2.65 bits per heavy atom. The smallest absolute Gasteiger partial charge is 0.326 e. The minimum absolute atomic E-state index is 0.00979. The van der Waals surface area contributed by atoms with Crippen LogP contribution in [0.5, 0.6) is 0 Å². The van der Waals surface area contributed by atoms with E-state index in [1.807, 2.05) is 0 Å². The van der Waals surface area contributed by atoms with Crippen molar-refractivity contribution < 1.29 is 19.5 Å². The van der Waals surface area contributed by atoms with Crippen LogP contribution < -0.4 is 0 Å². The molecule has 2 heterocycles. The van der Waals surface area contributed by atoms with Gasteiger partial charge in [0.25, 0.3) is 0 Å². The van der Waals surface area contributed by atoms with Crippen LogP contribution in [0.4, 0.5) is 0 Å². The summed E-state index contributed by atoms with van der Waals surface area (Å²) in [7, 11) is 0. The van der Waals surface area contributed by atoms with Crippen LogP contribution in [-0.2, 0) is 14.4 Å². The molecule has 0 aromatic heterocycles. The average Bonchev–Trinajstić information content (AvgIpc) is 2.87. The lowest BCUT2D eigenvalue weighted by Gasteiger charge is -2.24. The molecule has 6 nitrogen and oxygen atoms in total. The third-order valence-electron chi connectivity index (χ3n) is 3.36. The molecule has 2 rings (SSSR count). The summed E-state index contributed by atoms with van der Waals surface area (Å²) in [5.74, 6) is -1.21. The number of nitrogens with zero attached hydrogens (tertiary/aromatic N) is 2. The molecule has 0 aromatic rings. The first-order valence-corrected chi connectivity index (χ1v) is 5.89. The Hall–Kier alpha value is -1.59. The van der Waals surface area contributed by atoms with Gasteiger partial charge in [-0.15, -0.1) is 0 Å². The van der Waals surface area contributed by atoms with Gasteiger partial charge < -0.3 is 14.9 Å². The average molecular weight is 240 g/mol. The predicted octanol–water partition coefficient (Wildman–Crippen LogP) is -0.316. The van der Waals surface area contributed by atoms with E-state index in [9.17, 15) is 14.4 Å². The van der Waals surface area contributed by atoms with Crippen molar-refractivity contribution in [2.75, 3.05) is 19.6 Å². The van der Waals surface area contributed by atoms with Crippen LogP contribution in [0.25, 0.3) is 0 Å². The Morgan fingerprint density at radius 1 is 1.29 bits per heavy atom. The third-order valence-corrected chi connectivity index (χ3v) is 3.36. The Labute approximate surface area is 99.2 Å². The molecule has 0 saturated carbocycles. The van der Waals surface area contributed by atoms with Crippen molar-refractivity contribution in [3.8, 4) is 0 Å². The summed E-state index contributed by atoms with van der Waals surface area (Å²) in [6, 6.07) is -0.708. The second-order valence-electron chi connectivity index (χ2n) is 4.50. The molecule has 2 saturated heterocycles. The van der Waals surface area contributed by atoms with Crippen LogP contribution in [0.2, 0.25) is 0 Å². The minimum Gasteiger partial charge on any atom is -0.480 e. The number of likely N-dealkylation sites (tertiary alicyclic amines) is 2. The Morgan fingerprint density at radius 2 is 2.06 bits per heavy atom. The van der Waals surface area contributed by atoms with Gasteiger partial charge in [-0.3, -0.25) is 9.59 Å². The van der Waals surface area contributed by atoms with Gasteiger partial charge in [-0.1, -0.05) is 0 Å². The Balaban J connectivity index is 1.95. The van der Waals surface area contributed by atoms with Crippen molar-refractivity contribution in [2.24, 2.45) is 0 Å². The Bertz CT molecular complexity index is 355. The van der Waals surface area contributed by atoms with E-state index in [2.05, 4.69) is 0 Å². The number of carbonyl (C=O) groups is 3. The highest BCUT2D eigenvalue weighted by atomic mass is 16.4. The maximum absolute atomic E-state index is 11.9. The molecule has 2 fully saturated rings. The summed E-state index contributed by atoms with van der Waals surface area (Å²) >= 11 is 0. The maximum atomic E-state index is 11.9. The normalized spacial score (nSPS) is 24.5. The molecule has 6 heteroatoms. The van der Waals surface area contributed by atoms with Crippen LogP contribution in [-0.4, -0.2) is 58.4 Å². The van der Waals surface area contributed by atoms with Gasteiger partial charge in [0.05, 0.1) is 6.54 Å². The molecule has 17 heavy (non-hydrogen) atoms. The predicted molar refractivity (Wildman–Crippen MR) is 58.2 cm³/mol. The van der Waals surface area contributed by atoms with Crippen molar-refractivity contribution in [3.63, 3.8) is 0 Å². The van der Waals surface area contributed by atoms with E-state index < -0.39 is 12.0 Å². The molecule has 1 atom stereocenters. The number of aliphatic carboxylic acids is 1. The minimum atomic E-state index is -0.955. The number of hydrogen-bond donors (Lipinski definition) is 1. The van der Waals surface area contributed by atoms with Gasteiger partial charge >= 0.3 is 5.97 Å². The van der Waals surface area contributed by atoms with Gasteiger partial charge in [-0.25, -0.2) is 4.79 Å². The molecule has 0 aliphatic carbocycles. The standard InChI is InChI=1S/C11H16N2O4/c14-9-4-2-5-12(9)7-10(15)13-6-1-3-8(13)11(16)17/h8H,1-7H2,(H,16,17)/t8-/m1/s1. The van der Waals surface area contributed by atoms with Crippen molar-refractivity contribution in [2.45, 2.75) is 31.7 Å². The van der Waals surface area contributed by atoms with E-state index >= 15 is 0 Å². The zero-order valence-electron chi connectivity index (χ0n) is 9.59. The van der Waals surface area contributed by atoms with E-state index in [0.717, 1.165) is 12.8 Å². The molecule has 94 valence electrons. The van der Waals surface area contributed by atoms with E-state index in [-0.39, 0.29) is 18.4 Å². The van der Waals surface area contributed by atoms with Crippen LogP contribution in [0.15, 0.2) is 0 Å². The zero-order valence-corrected chi connectivity index (χ0v) is 9.59. The fraction of sp³-hybridized carbons (Fsp3) is 0.727. The molecule has 0 bridgehead atoms. The van der Waals surface area contributed by atoms with Gasteiger partial charge in [-0.2, -0.15) is 0 Å². The van der Waals surface area contributed by atoms with Crippen LogP contribution in [0.3, 0.4) is 0 Å². The van der Waals surface area contributed by atoms with Crippen molar-refractivity contribution in [1.82, 2.24) is 9.80 Å². The largest absolute Gasteiger partial charge is 0.480 e. The number of hydrogen-bond acceptors (Lipinski definition) is 3. The number of amides is 2. The van der Waals surface area contributed by atoms with E-state index in [1.165, 1.54) is 9.80 Å². The first-order valence-electron chi connectivity index (χ1n) is 5.89. The summed E-state index contributed by atoms with van der Waals surface area (Å²) in [6.45, 7) is 1.12. The topological polar surface area (TPSA) is 77.9 Å². The SMILES string of the molecule is O=C(O)[C@H]1CCCN1C(=O)CN1CCCC1=O. The van der Waals surface area contributed by atoms with Crippen molar-refractivity contribution >= 4 is 17.8 Å². The molecule has 2 aliphatic heterocycles. The van der Waals surface area contributed by atoms with Gasteiger partial charge in [0.15, 0.2) is 0 Å². The zero-order chi connectivity index (χ0) is 12.4. The van der Waals surface area contributed by atoms with Gasteiger partial charge in [0.1, 0.15) is 6.04 Å². The van der Waals surface area contributed by atoms with E-state index in [4.69, 9.17) is 5.11 Å². The monoisotopic (exact) mass is 240 g/mol. The van der Waals surface area contributed by atoms with Crippen LogP contribution >= 0.6 is 0 Å². The fourth-order valence-electron chi connectivity index (χ4n) is 2.45. The number of rotatable bonds is 3. The lowest BCUT2D eigenvalue weighted by Crippen LogP contribution is -2.45. The summed E-state index contributed by atoms with van der Waals surface area (Å²) in [6.07, 6.45) is 2.51. The van der Waals surface area contributed by atoms with E-state index in [1.54, 1.807) is 0 Å². The number of carboxylic acids is 1. The van der Waals surface area contributed by atoms with Gasteiger partial charge in [-0.05, 0) is 19.3 Å². The van der Waals surface area contributed by atoms with E-state index in [0.29, 0.717) is 25.9 Å². The molecular formula is C11H16N2O4. The number of carbonyl (C=O) groups excluding carboxylic acids is 2. The summed E-state index contributed by atoms with van der Waals surface area (Å²) < 4.78 is 0. The molecule has 0 radical (unpaired) electrons. The van der Waals surface area contributed by atoms with Gasteiger partial charge in [0.2, 0.25) is 11.8 Å². The van der Waals surface area contributed by atoms with Crippen LogP contribution in [0.1, 0.15) is 25.7 Å². The summed E-state index contributed by atoms with van der Waals surface area (Å²) in [4.78, 5) is 37.1. The van der Waals surface area contributed by atoms with Crippen LogP contribution in [0, 0.1) is 0 Å². The quantitative estimate of drug-likeness (QED) is 0.733. The molecule has 0 aromatic carbocycles. The second-order valence-corrected chi connectivity index (χ2v) is 4.50. The number of carboxylic acid groups (broad SMARTS) is 1. The molecule has 2 amide bonds. The molecular weight excluding hydrogens is 224 g/mol. The molecule has 0 spiro atoms. The molecule has 2 aliphatic rings. The maximum Gasteiger partial charge on any atom is 0.326 e. The third kappa shape index (κ3) is 2.40. The highest BCUT2D eigenvalue weighted by molar-refractivity contribution is 5.89. The Kier molecular flexibility index (Phi) is 3.31. The highest BCUT2D eigenvalue weighted by Gasteiger charge is 2.35. The molecule has 1 N–H and O–H groups in total. The second kappa shape index (κ2) is 4.73.